The van der Waals surface area contributed by atoms with Crippen LogP contribution in [-0.2, 0) is 20.8 Å². The number of nitrogens with one attached hydrogen (secondary N) is 1. The van der Waals surface area contributed by atoms with Crippen LogP contribution in [0.3, 0.4) is 0 Å². The van der Waals surface area contributed by atoms with Crippen LogP contribution in [0.15, 0.2) is 30.3 Å². The van der Waals surface area contributed by atoms with Crippen molar-refractivity contribution in [1.29, 1.82) is 0 Å². The smallest absolute Gasteiger partial charge is 0.410 e. The number of benzene rings is 1. The first-order chi connectivity index (χ1) is 13.8. The summed E-state index contributed by atoms with van der Waals surface area (Å²) in [6.45, 7) is 10.9. The Balaban J connectivity index is 1.50. The van der Waals surface area contributed by atoms with E-state index in [1.54, 1.807) is 4.90 Å². The van der Waals surface area contributed by atoms with Gasteiger partial charge in [-0.1, -0.05) is 30.3 Å². The van der Waals surface area contributed by atoms with E-state index in [0.717, 1.165) is 25.2 Å². The maximum absolute atomic E-state index is 12.2. The fourth-order valence-electron chi connectivity index (χ4n) is 2.80. The number of alkyl carbamates (subject to hydrolysis) is 1. The molecule has 2 amide bonds. The van der Waals surface area contributed by atoms with Gasteiger partial charge in [0, 0.05) is 39.3 Å². The summed E-state index contributed by atoms with van der Waals surface area (Å²) in [6, 6.07) is 9.67. The van der Waals surface area contributed by atoms with Crippen LogP contribution in [0, 0.1) is 0 Å². The average Bonchev–Trinajstić information content (AvgIpc) is 2.68. The number of nitrogens with zero attached hydrogens (tertiary/aromatic N) is 2. The molecule has 0 unspecified atom stereocenters. The van der Waals surface area contributed by atoms with Crippen molar-refractivity contribution in [3.8, 4) is 0 Å². The number of hydrogen-bond donors (Lipinski definition) is 1. The molecule has 1 aromatic rings. The number of rotatable bonds is 8. The molecule has 0 atom stereocenters. The molecule has 2 rings (SSSR count). The molecule has 0 spiro atoms. The standard InChI is InChI=1S/C21H33N3O5/c1-21(2,3)29-19(25)22-9-15-27-16-14-23-10-12-24(13-11-23)20(26)28-17-18-7-5-4-6-8-18/h4-8H,9-17H2,1-3H3,(H,22,25). The lowest BCUT2D eigenvalue weighted by Crippen LogP contribution is -2.49. The molecule has 29 heavy (non-hydrogen) atoms. The molecule has 8 heteroatoms. The van der Waals surface area contributed by atoms with Crippen LogP contribution < -0.4 is 5.32 Å². The Kier molecular flexibility index (Phi) is 9.21. The van der Waals surface area contributed by atoms with Gasteiger partial charge in [-0.05, 0) is 26.3 Å². The molecule has 1 heterocycles. The molecule has 0 bridgehead atoms. The molecule has 1 saturated heterocycles. The van der Waals surface area contributed by atoms with Crippen LogP contribution >= 0.6 is 0 Å². The van der Waals surface area contributed by atoms with Crippen LogP contribution in [0.2, 0.25) is 0 Å². The number of ether oxygens (including phenoxy) is 3. The monoisotopic (exact) mass is 407 g/mol. The molecule has 1 aromatic carbocycles. The Labute approximate surface area is 173 Å². The lowest BCUT2D eigenvalue weighted by atomic mass is 10.2. The second kappa shape index (κ2) is 11.6. The van der Waals surface area contributed by atoms with Gasteiger partial charge in [0.25, 0.3) is 0 Å². The number of piperazine rings is 1. The second-order valence-electron chi connectivity index (χ2n) is 7.91. The van der Waals surface area contributed by atoms with E-state index in [4.69, 9.17) is 14.2 Å². The summed E-state index contributed by atoms with van der Waals surface area (Å²) in [5.74, 6) is 0. The van der Waals surface area contributed by atoms with Gasteiger partial charge in [0.15, 0.2) is 0 Å². The van der Waals surface area contributed by atoms with Crippen molar-refractivity contribution in [1.82, 2.24) is 15.1 Å². The van der Waals surface area contributed by atoms with Gasteiger partial charge in [-0.2, -0.15) is 0 Å². The van der Waals surface area contributed by atoms with Crippen LogP contribution in [0.25, 0.3) is 0 Å². The summed E-state index contributed by atoms with van der Waals surface area (Å²) in [5.41, 5.74) is 0.485. The zero-order valence-electron chi connectivity index (χ0n) is 17.7. The maximum atomic E-state index is 12.2. The molecule has 1 N–H and O–H groups in total. The zero-order valence-corrected chi connectivity index (χ0v) is 17.7. The fraction of sp³-hybridized carbons (Fsp3) is 0.619. The van der Waals surface area contributed by atoms with Gasteiger partial charge in [0.1, 0.15) is 12.2 Å². The molecular formula is C21H33N3O5. The molecule has 0 aromatic heterocycles. The summed E-state index contributed by atoms with van der Waals surface area (Å²) in [5, 5.41) is 2.66. The lowest BCUT2D eigenvalue weighted by molar-refractivity contribution is 0.0457. The summed E-state index contributed by atoms with van der Waals surface area (Å²) in [6.07, 6.45) is -0.700. The number of hydrogen-bond acceptors (Lipinski definition) is 6. The van der Waals surface area contributed by atoms with E-state index in [0.29, 0.717) is 39.5 Å². The highest BCUT2D eigenvalue weighted by Crippen LogP contribution is 2.07. The van der Waals surface area contributed by atoms with E-state index in [-0.39, 0.29) is 6.09 Å². The third kappa shape index (κ3) is 9.62. The predicted molar refractivity (Wildman–Crippen MR) is 110 cm³/mol. The highest BCUT2D eigenvalue weighted by molar-refractivity contribution is 5.68. The van der Waals surface area contributed by atoms with Crippen LogP contribution in [0.5, 0.6) is 0 Å². The van der Waals surface area contributed by atoms with E-state index < -0.39 is 11.7 Å². The van der Waals surface area contributed by atoms with E-state index in [1.807, 2.05) is 51.1 Å². The lowest BCUT2D eigenvalue weighted by Gasteiger charge is -2.33. The first kappa shape index (κ1) is 23.0. The van der Waals surface area contributed by atoms with Gasteiger partial charge in [-0.3, -0.25) is 4.90 Å². The van der Waals surface area contributed by atoms with E-state index in [1.165, 1.54) is 0 Å². The van der Waals surface area contributed by atoms with E-state index >= 15 is 0 Å². The Hall–Kier alpha value is -2.32. The highest BCUT2D eigenvalue weighted by atomic mass is 16.6. The molecular weight excluding hydrogens is 374 g/mol. The number of carbonyl (C=O) groups excluding carboxylic acids is 2. The van der Waals surface area contributed by atoms with Crippen molar-refractivity contribution >= 4 is 12.2 Å². The first-order valence-electron chi connectivity index (χ1n) is 10.1. The number of carbonyl (C=O) groups is 2. The Morgan fingerprint density at radius 1 is 1.03 bits per heavy atom. The zero-order chi connectivity index (χ0) is 21.1. The summed E-state index contributed by atoms with van der Waals surface area (Å²) in [7, 11) is 0. The van der Waals surface area contributed by atoms with Crippen LogP contribution in [0.1, 0.15) is 26.3 Å². The molecule has 0 saturated carbocycles. The molecule has 0 aliphatic carbocycles. The third-order valence-electron chi connectivity index (χ3n) is 4.30. The van der Waals surface area contributed by atoms with Gasteiger partial charge in [-0.15, -0.1) is 0 Å². The SMILES string of the molecule is CC(C)(C)OC(=O)NCCOCCN1CCN(C(=O)OCc2ccccc2)CC1. The van der Waals surface area contributed by atoms with E-state index in [2.05, 4.69) is 10.2 Å². The van der Waals surface area contributed by atoms with Crippen molar-refractivity contribution in [3.05, 3.63) is 35.9 Å². The quantitative estimate of drug-likeness (QED) is 0.667. The predicted octanol–water partition coefficient (Wildman–Crippen LogP) is 2.48. The normalized spacial score (nSPS) is 15.1. The minimum absolute atomic E-state index is 0.266. The van der Waals surface area contributed by atoms with Gasteiger partial charge >= 0.3 is 12.2 Å². The molecule has 0 radical (unpaired) electrons. The largest absolute Gasteiger partial charge is 0.445 e. The van der Waals surface area contributed by atoms with Crippen molar-refractivity contribution in [2.75, 3.05) is 52.5 Å². The second-order valence-corrected chi connectivity index (χ2v) is 7.91. The fourth-order valence-corrected chi connectivity index (χ4v) is 2.80. The first-order valence-corrected chi connectivity index (χ1v) is 10.1. The van der Waals surface area contributed by atoms with Gasteiger partial charge in [0.2, 0.25) is 0 Å². The Morgan fingerprint density at radius 2 is 1.72 bits per heavy atom. The number of amides is 2. The van der Waals surface area contributed by atoms with Crippen molar-refractivity contribution in [2.24, 2.45) is 0 Å². The summed E-state index contributed by atoms with van der Waals surface area (Å²) in [4.78, 5) is 27.7. The minimum Gasteiger partial charge on any atom is -0.445 e. The molecule has 162 valence electrons. The van der Waals surface area contributed by atoms with Crippen molar-refractivity contribution < 1.29 is 23.8 Å². The van der Waals surface area contributed by atoms with Crippen molar-refractivity contribution in [2.45, 2.75) is 33.0 Å². The van der Waals surface area contributed by atoms with E-state index in [9.17, 15) is 9.59 Å². The highest BCUT2D eigenvalue weighted by Gasteiger charge is 2.22. The molecule has 1 aliphatic heterocycles. The average molecular weight is 408 g/mol. The molecule has 1 fully saturated rings. The van der Waals surface area contributed by atoms with Crippen LogP contribution in [-0.4, -0.2) is 80.1 Å². The molecule has 8 nitrogen and oxygen atoms in total. The molecule has 1 aliphatic rings. The topological polar surface area (TPSA) is 80.3 Å². The van der Waals surface area contributed by atoms with Gasteiger partial charge in [-0.25, -0.2) is 9.59 Å². The Morgan fingerprint density at radius 3 is 2.38 bits per heavy atom. The maximum Gasteiger partial charge on any atom is 0.410 e. The minimum atomic E-state index is -0.499. The summed E-state index contributed by atoms with van der Waals surface area (Å²) >= 11 is 0. The van der Waals surface area contributed by atoms with Crippen LogP contribution in [0.4, 0.5) is 9.59 Å². The van der Waals surface area contributed by atoms with Gasteiger partial charge < -0.3 is 24.4 Å². The Bertz CT molecular complexity index is 625. The van der Waals surface area contributed by atoms with Gasteiger partial charge in [0.05, 0.1) is 13.2 Å². The van der Waals surface area contributed by atoms with Crippen molar-refractivity contribution in [3.63, 3.8) is 0 Å². The summed E-state index contributed by atoms with van der Waals surface area (Å²) < 4.78 is 16.1. The third-order valence-corrected chi connectivity index (χ3v) is 4.30.